The monoisotopic (exact) mass is 566 g/mol. The number of rotatable bonds is 8. The Hall–Kier alpha value is -4.72. The van der Waals surface area contributed by atoms with Crippen molar-refractivity contribution in [3.05, 3.63) is 96.1 Å². The fourth-order valence-electron chi connectivity index (χ4n) is 4.88. The van der Waals surface area contributed by atoms with Crippen LogP contribution in [-0.4, -0.2) is 53.4 Å². The highest BCUT2D eigenvalue weighted by molar-refractivity contribution is 5.98. The number of carbonyl (C=O) groups is 3. The predicted octanol–water partition coefficient (Wildman–Crippen LogP) is 5.40. The molecule has 3 amide bonds. The number of aliphatic imine (C=N–C) groups is 1. The molecule has 0 aliphatic rings. The van der Waals surface area contributed by atoms with Crippen LogP contribution in [0.15, 0.2) is 89.9 Å². The van der Waals surface area contributed by atoms with Crippen LogP contribution in [0.25, 0.3) is 21.5 Å². The molecule has 4 rings (SSSR count). The molecule has 42 heavy (non-hydrogen) atoms. The van der Waals surface area contributed by atoms with E-state index in [0.29, 0.717) is 0 Å². The molecule has 0 aliphatic heterocycles. The van der Waals surface area contributed by atoms with Gasteiger partial charge in [-0.15, -0.1) is 0 Å². The van der Waals surface area contributed by atoms with Gasteiger partial charge in [0.1, 0.15) is 17.7 Å². The molecule has 0 spiro atoms. The van der Waals surface area contributed by atoms with Gasteiger partial charge in [0.25, 0.3) is 5.91 Å². The molecule has 0 saturated carbocycles. The number of nitrogens with one attached hydrogen (secondary N) is 1. The van der Waals surface area contributed by atoms with Crippen LogP contribution >= 0.6 is 0 Å². The number of benzene rings is 4. The first-order chi connectivity index (χ1) is 19.9. The molecule has 8 heteroatoms. The highest BCUT2D eigenvalue weighted by atomic mass is 16.6. The number of nitrogens with two attached hydrogens (primary N) is 1. The normalized spacial score (nSPS) is 13.4. The van der Waals surface area contributed by atoms with Crippen LogP contribution in [0.5, 0.6) is 0 Å². The SMILES string of the molecule is CC(N)=NC(=O)[C@@H](Cc1ccc2ccccc2c1)N(C)C(=O)C(Cc1ccc2ccccc2c1)NC(=O)OC(C)(C)C. The third-order valence-electron chi connectivity index (χ3n) is 6.87. The summed E-state index contributed by atoms with van der Waals surface area (Å²) in [6.07, 6.45) is -0.301. The molecule has 0 fully saturated rings. The molecule has 3 N–H and O–H groups in total. The van der Waals surface area contributed by atoms with E-state index in [-0.39, 0.29) is 18.7 Å². The van der Waals surface area contributed by atoms with Crippen LogP contribution in [-0.2, 0) is 27.2 Å². The molecule has 0 saturated heterocycles. The zero-order valence-electron chi connectivity index (χ0n) is 24.8. The van der Waals surface area contributed by atoms with E-state index in [1.165, 1.54) is 11.8 Å². The highest BCUT2D eigenvalue weighted by Gasteiger charge is 2.33. The molecule has 0 aliphatic carbocycles. The van der Waals surface area contributed by atoms with Gasteiger partial charge >= 0.3 is 6.09 Å². The molecule has 0 radical (unpaired) electrons. The van der Waals surface area contributed by atoms with Crippen molar-refractivity contribution < 1.29 is 19.1 Å². The lowest BCUT2D eigenvalue weighted by atomic mass is 9.98. The molecular weight excluding hydrogens is 528 g/mol. The van der Waals surface area contributed by atoms with Crippen LogP contribution < -0.4 is 11.1 Å². The Kier molecular flexibility index (Phi) is 9.25. The second-order valence-electron chi connectivity index (χ2n) is 11.5. The third-order valence-corrected chi connectivity index (χ3v) is 6.87. The van der Waals surface area contributed by atoms with Crippen LogP contribution in [0.1, 0.15) is 38.8 Å². The topological polar surface area (TPSA) is 114 Å². The van der Waals surface area contributed by atoms with E-state index in [2.05, 4.69) is 10.3 Å². The van der Waals surface area contributed by atoms with Crippen LogP contribution in [0, 0.1) is 0 Å². The maximum Gasteiger partial charge on any atom is 0.408 e. The number of likely N-dealkylation sites (N-methyl/N-ethyl adjacent to an activating group) is 1. The molecular formula is C34H38N4O4. The first kappa shape index (κ1) is 30.2. The fraction of sp³-hybridized carbons (Fsp3) is 0.294. The van der Waals surface area contributed by atoms with E-state index in [0.717, 1.165) is 32.7 Å². The van der Waals surface area contributed by atoms with Gasteiger partial charge in [-0.1, -0.05) is 84.9 Å². The number of carbonyl (C=O) groups excluding carboxylic acids is 3. The number of amides is 3. The van der Waals surface area contributed by atoms with Crippen molar-refractivity contribution in [3.63, 3.8) is 0 Å². The minimum atomic E-state index is -0.999. The Morgan fingerprint density at radius 2 is 1.33 bits per heavy atom. The molecule has 2 atom stereocenters. The average Bonchev–Trinajstić information content (AvgIpc) is 2.93. The van der Waals surface area contributed by atoms with Crippen LogP contribution in [0.2, 0.25) is 0 Å². The van der Waals surface area contributed by atoms with Crippen molar-refractivity contribution >= 4 is 45.3 Å². The van der Waals surface area contributed by atoms with E-state index >= 15 is 0 Å². The number of alkyl carbamates (subject to hydrolysis) is 1. The van der Waals surface area contributed by atoms with Gasteiger partial charge in [0.2, 0.25) is 5.91 Å². The molecule has 0 aromatic heterocycles. The Bertz CT molecular complexity index is 1640. The van der Waals surface area contributed by atoms with Gasteiger partial charge in [-0.2, -0.15) is 4.99 Å². The minimum Gasteiger partial charge on any atom is -0.444 e. The molecule has 4 aromatic rings. The zero-order chi connectivity index (χ0) is 30.4. The first-order valence-corrected chi connectivity index (χ1v) is 14.0. The predicted molar refractivity (Wildman–Crippen MR) is 167 cm³/mol. The Balaban J connectivity index is 1.66. The summed E-state index contributed by atoms with van der Waals surface area (Å²) in [4.78, 5) is 45.6. The molecule has 4 aromatic carbocycles. The second-order valence-corrected chi connectivity index (χ2v) is 11.5. The largest absolute Gasteiger partial charge is 0.444 e. The van der Waals surface area contributed by atoms with Crippen molar-refractivity contribution in [2.75, 3.05) is 7.05 Å². The maximum atomic E-state index is 14.1. The smallest absolute Gasteiger partial charge is 0.408 e. The summed E-state index contributed by atoms with van der Waals surface area (Å²) in [6.45, 7) is 6.79. The summed E-state index contributed by atoms with van der Waals surface area (Å²) >= 11 is 0. The van der Waals surface area contributed by atoms with Gasteiger partial charge in [0.05, 0.1) is 5.84 Å². The first-order valence-electron chi connectivity index (χ1n) is 14.0. The maximum absolute atomic E-state index is 14.1. The van der Waals surface area contributed by atoms with Crippen LogP contribution in [0.3, 0.4) is 0 Å². The number of ether oxygens (including phenoxy) is 1. The van der Waals surface area contributed by atoms with Crippen molar-refractivity contribution in [2.45, 2.75) is 58.2 Å². The molecule has 1 unspecified atom stereocenters. The quantitative estimate of drug-likeness (QED) is 0.219. The fourth-order valence-corrected chi connectivity index (χ4v) is 4.88. The standard InChI is InChI=1S/C34H38N4O4/c1-22(35)36-31(39)30(21-24-15-17-26-11-7-9-13-28(26)19-24)38(5)32(40)29(37-33(41)42-34(2,3)4)20-23-14-16-25-10-6-8-12-27(25)18-23/h6-19,29-30H,20-21H2,1-5H3,(H,37,41)(H2,35,36,39)/t29?,30-/m1/s1. The van der Waals surface area contributed by atoms with Crippen molar-refractivity contribution in [1.29, 1.82) is 0 Å². The molecule has 0 heterocycles. The number of hydrogen-bond acceptors (Lipinski definition) is 4. The minimum absolute atomic E-state index is 0.101. The summed E-state index contributed by atoms with van der Waals surface area (Å²) in [7, 11) is 1.55. The summed E-state index contributed by atoms with van der Waals surface area (Å²) < 4.78 is 5.48. The van der Waals surface area contributed by atoms with E-state index < -0.39 is 35.6 Å². The molecule has 218 valence electrons. The van der Waals surface area contributed by atoms with Gasteiger partial charge in [0.15, 0.2) is 0 Å². The summed E-state index contributed by atoms with van der Waals surface area (Å²) in [6, 6.07) is 25.7. The summed E-state index contributed by atoms with van der Waals surface area (Å²) in [5.74, 6) is -0.886. The lowest BCUT2D eigenvalue weighted by Crippen LogP contribution is -2.54. The summed E-state index contributed by atoms with van der Waals surface area (Å²) in [5, 5.41) is 6.93. The van der Waals surface area contributed by atoms with E-state index in [4.69, 9.17) is 10.5 Å². The summed E-state index contributed by atoms with van der Waals surface area (Å²) in [5.41, 5.74) is 6.72. The van der Waals surface area contributed by atoms with E-state index in [1.54, 1.807) is 27.8 Å². The Labute approximate surface area is 246 Å². The van der Waals surface area contributed by atoms with Gasteiger partial charge < -0.3 is 20.7 Å². The van der Waals surface area contributed by atoms with Crippen molar-refractivity contribution in [1.82, 2.24) is 10.2 Å². The zero-order valence-corrected chi connectivity index (χ0v) is 24.8. The Morgan fingerprint density at radius 1 is 0.833 bits per heavy atom. The van der Waals surface area contributed by atoms with Crippen molar-refractivity contribution in [2.24, 2.45) is 10.7 Å². The second kappa shape index (κ2) is 12.9. The third kappa shape index (κ3) is 7.94. The lowest BCUT2D eigenvalue weighted by Gasteiger charge is -2.31. The number of amidine groups is 1. The van der Waals surface area contributed by atoms with Gasteiger partial charge in [-0.3, -0.25) is 9.59 Å². The Morgan fingerprint density at radius 3 is 1.83 bits per heavy atom. The molecule has 8 nitrogen and oxygen atoms in total. The number of fused-ring (bicyclic) bond motifs is 2. The number of hydrogen-bond donors (Lipinski definition) is 2. The van der Waals surface area contributed by atoms with E-state index in [9.17, 15) is 14.4 Å². The van der Waals surface area contributed by atoms with Gasteiger partial charge in [0, 0.05) is 19.9 Å². The highest BCUT2D eigenvalue weighted by Crippen LogP contribution is 2.21. The van der Waals surface area contributed by atoms with Crippen molar-refractivity contribution in [3.8, 4) is 0 Å². The van der Waals surface area contributed by atoms with Gasteiger partial charge in [-0.05, 0) is 60.4 Å². The lowest BCUT2D eigenvalue weighted by molar-refractivity contribution is -0.139. The van der Waals surface area contributed by atoms with Gasteiger partial charge in [-0.25, -0.2) is 4.79 Å². The number of nitrogens with zero attached hydrogens (tertiary/aromatic N) is 2. The average molecular weight is 567 g/mol. The van der Waals surface area contributed by atoms with E-state index in [1.807, 2.05) is 84.9 Å². The molecule has 0 bridgehead atoms. The van der Waals surface area contributed by atoms with Crippen LogP contribution in [0.4, 0.5) is 4.79 Å².